The molecule has 2 rings (SSSR count). The Morgan fingerprint density at radius 2 is 1.53 bits per heavy atom. The zero-order valence-electron chi connectivity index (χ0n) is 9.13. The minimum atomic E-state index is 0. The molecule has 0 saturated carbocycles. The third-order valence-electron chi connectivity index (χ3n) is 1.79. The van der Waals surface area contributed by atoms with Crippen molar-refractivity contribution in [2.24, 2.45) is 4.99 Å². The molecular weight excluding hydrogens is 308 g/mol. The van der Waals surface area contributed by atoms with E-state index in [2.05, 4.69) is 9.98 Å². The summed E-state index contributed by atoms with van der Waals surface area (Å²) >= 11 is 0. The maximum atomic E-state index is 4.29. The van der Waals surface area contributed by atoms with Crippen LogP contribution in [0, 0.1) is 0 Å². The summed E-state index contributed by atoms with van der Waals surface area (Å²) in [6, 6.07) is 15.6. The largest absolute Gasteiger partial charge is 2.00 e. The maximum Gasteiger partial charge on any atom is 2.00 e. The van der Waals surface area contributed by atoms with E-state index >= 15 is 0 Å². The number of halogens is 2. The second kappa shape index (κ2) is 10.4. The van der Waals surface area contributed by atoms with Crippen molar-refractivity contribution < 1.29 is 44.3 Å². The monoisotopic (exact) mass is 316 g/mol. The number of hydrogen-bond donors (Lipinski definition) is 0. The van der Waals surface area contributed by atoms with E-state index in [1.165, 1.54) is 0 Å². The summed E-state index contributed by atoms with van der Waals surface area (Å²) in [7, 11) is 0. The van der Waals surface area contributed by atoms with Gasteiger partial charge in [-0.1, -0.05) is 24.3 Å². The molecule has 0 atom stereocenters. The average Bonchev–Trinajstić information content (AvgIpc) is 2.29. The molecule has 0 fully saturated rings. The number of rotatable bonds is 2. The molecule has 0 bridgehead atoms. The van der Waals surface area contributed by atoms with E-state index in [1.807, 2.05) is 48.5 Å². The van der Waals surface area contributed by atoms with Crippen molar-refractivity contribution in [1.82, 2.24) is 4.98 Å². The molecule has 84 valence electrons. The first-order valence-corrected chi connectivity index (χ1v) is 4.45. The fourth-order valence-electron chi connectivity index (χ4n) is 1.11. The van der Waals surface area contributed by atoms with Crippen molar-refractivity contribution >= 4 is 11.9 Å². The molecule has 2 aromatic rings. The van der Waals surface area contributed by atoms with Crippen LogP contribution in [-0.4, -0.2) is 11.2 Å². The van der Waals surface area contributed by atoms with Gasteiger partial charge in [0.25, 0.3) is 0 Å². The van der Waals surface area contributed by atoms with E-state index in [1.54, 1.807) is 12.4 Å². The van der Waals surface area contributed by atoms with Crippen LogP contribution in [0.25, 0.3) is 0 Å². The van der Waals surface area contributed by atoms with Gasteiger partial charge in [-0.25, -0.2) is 0 Å². The van der Waals surface area contributed by atoms with E-state index in [9.17, 15) is 0 Å². The van der Waals surface area contributed by atoms with Crippen molar-refractivity contribution in [3.05, 3.63) is 60.4 Å². The summed E-state index contributed by atoms with van der Waals surface area (Å²) in [6.07, 6.45) is 3.52. The molecule has 0 spiro atoms. The minimum absolute atomic E-state index is 0. The van der Waals surface area contributed by atoms with E-state index in [4.69, 9.17) is 0 Å². The molecule has 0 N–H and O–H groups in total. The Hall–Kier alpha value is -0.757. The zero-order valence-corrected chi connectivity index (χ0v) is 13.6. The van der Waals surface area contributed by atoms with E-state index in [0.29, 0.717) is 0 Å². The van der Waals surface area contributed by atoms with Gasteiger partial charge in [-0.3, -0.25) is 9.98 Å². The van der Waals surface area contributed by atoms with Gasteiger partial charge in [0, 0.05) is 6.20 Å². The normalized spacial score (nSPS) is 8.71. The van der Waals surface area contributed by atoms with Crippen molar-refractivity contribution in [1.29, 1.82) is 0 Å². The summed E-state index contributed by atoms with van der Waals surface area (Å²) in [5.41, 5.74) is 1.81. The van der Waals surface area contributed by atoms with Crippen LogP contribution < -0.4 is 24.8 Å². The summed E-state index contributed by atoms with van der Waals surface area (Å²) in [5.74, 6) is 0. The predicted molar refractivity (Wildman–Crippen MR) is 57.9 cm³/mol. The van der Waals surface area contributed by atoms with Gasteiger partial charge in [-0.2, -0.15) is 0 Å². The van der Waals surface area contributed by atoms with Gasteiger partial charge in [0.1, 0.15) is 0 Å². The molecule has 5 heteroatoms. The molecule has 1 aromatic carbocycles. The van der Waals surface area contributed by atoms with Crippen LogP contribution in [0.2, 0.25) is 0 Å². The van der Waals surface area contributed by atoms with Crippen LogP contribution in [0.4, 0.5) is 5.69 Å². The molecule has 2 nitrogen and oxygen atoms in total. The summed E-state index contributed by atoms with van der Waals surface area (Å²) in [4.78, 5) is 8.43. The molecule has 0 radical (unpaired) electrons. The molecule has 0 aliphatic heterocycles. The smallest absolute Gasteiger partial charge is 1.00 e. The van der Waals surface area contributed by atoms with Crippen molar-refractivity contribution in [2.75, 3.05) is 0 Å². The standard InChI is InChI=1S/C12H10N2.2ClH.Zn/c1-2-6-11(7-3-1)14-10-12-8-4-5-9-13-12;;;/h1-10H;2*1H;/q;;;+2/p-2. The summed E-state index contributed by atoms with van der Waals surface area (Å²) < 4.78 is 0. The Morgan fingerprint density at radius 1 is 0.882 bits per heavy atom. The first-order valence-electron chi connectivity index (χ1n) is 4.45. The molecule has 1 heterocycles. The third-order valence-corrected chi connectivity index (χ3v) is 1.79. The Labute approximate surface area is 126 Å². The fraction of sp³-hybridized carbons (Fsp3) is 0. The van der Waals surface area contributed by atoms with Gasteiger partial charge in [0.15, 0.2) is 0 Å². The van der Waals surface area contributed by atoms with Gasteiger partial charge in [0.05, 0.1) is 17.6 Å². The fourth-order valence-corrected chi connectivity index (χ4v) is 1.11. The molecular formula is C12H10Cl2N2Zn. The number of aliphatic imine (C=N–C) groups is 1. The SMILES string of the molecule is C(=Nc1ccccc1)c1ccccn1.[Cl-].[Cl-].[Zn+2]. The number of aromatic nitrogens is 1. The van der Waals surface area contributed by atoms with Crippen molar-refractivity contribution in [3.63, 3.8) is 0 Å². The van der Waals surface area contributed by atoms with Crippen LogP contribution in [0.5, 0.6) is 0 Å². The number of hydrogen-bond acceptors (Lipinski definition) is 2. The molecule has 0 aliphatic carbocycles. The van der Waals surface area contributed by atoms with Gasteiger partial charge in [0.2, 0.25) is 0 Å². The second-order valence-corrected chi connectivity index (χ2v) is 2.85. The Morgan fingerprint density at radius 3 is 2.12 bits per heavy atom. The first-order chi connectivity index (χ1) is 6.95. The summed E-state index contributed by atoms with van der Waals surface area (Å²) in [5, 5.41) is 0. The van der Waals surface area contributed by atoms with Crippen molar-refractivity contribution in [3.8, 4) is 0 Å². The van der Waals surface area contributed by atoms with Crippen molar-refractivity contribution in [2.45, 2.75) is 0 Å². The predicted octanol–water partition coefficient (Wildman–Crippen LogP) is -3.16. The number of nitrogens with zero attached hydrogens (tertiary/aromatic N) is 2. The molecule has 1 aromatic heterocycles. The Balaban J connectivity index is 0. The molecule has 0 amide bonds. The summed E-state index contributed by atoms with van der Waals surface area (Å²) in [6.45, 7) is 0. The topological polar surface area (TPSA) is 25.2 Å². The minimum Gasteiger partial charge on any atom is -1.00 e. The van der Waals surface area contributed by atoms with Gasteiger partial charge >= 0.3 is 19.5 Å². The van der Waals surface area contributed by atoms with Crippen LogP contribution in [0.3, 0.4) is 0 Å². The molecule has 17 heavy (non-hydrogen) atoms. The number of para-hydroxylation sites is 1. The molecule has 0 aliphatic rings. The van der Waals surface area contributed by atoms with Gasteiger partial charge in [-0.05, 0) is 24.3 Å². The molecule has 0 unspecified atom stereocenters. The quantitative estimate of drug-likeness (QED) is 0.424. The average molecular weight is 319 g/mol. The van der Waals surface area contributed by atoms with Gasteiger partial charge < -0.3 is 24.8 Å². The zero-order chi connectivity index (χ0) is 9.64. The Bertz CT molecular complexity index is 380. The van der Waals surface area contributed by atoms with Crippen LogP contribution in [0.15, 0.2) is 59.7 Å². The Kier molecular flexibility index (Phi) is 11.4. The first kappa shape index (κ1) is 18.6. The van der Waals surface area contributed by atoms with E-state index < -0.39 is 0 Å². The van der Waals surface area contributed by atoms with E-state index in [0.717, 1.165) is 11.4 Å². The number of benzene rings is 1. The van der Waals surface area contributed by atoms with Crippen LogP contribution in [0.1, 0.15) is 5.69 Å². The second-order valence-electron chi connectivity index (χ2n) is 2.85. The third kappa shape index (κ3) is 6.52. The van der Waals surface area contributed by atoms with Gasteiger partial charge in [-0.15, -0.1) is 0 Å². The maximum absolute atomic E-state index is 4.29. The van der Waals surface area contributed by atoms with Crippen LogP contribution in [-0.2, 0) is 19.5 Å². The van der Waals surface area contributed by atoms with E-state index in [-0.39, 0.29) is 44.3 Å². The van der Waals surface area contributed by atoms with Crippen LogP contribution >= 0.6 is 0 Å². The molecule has 0 saturated heterocycles. The number of pyridine rings is 1.